The number of hydrogen-bond acceptors (Lipinski definition) is 4. The molecule has 1 N–H and O–H groups in total. The summed E-state index contributed by atoms with van der Waals surface area (Å²) in [5, 5.41) is 2.40. The monoisotopic (exact) mass is 271 g/mol. The predicted molar refractivity (Wildman–Crippen MR) is 74.3 cm³/mol. The molecule has 0 atom stereocenters. The zero-order chi connectivity index (χ0) is 14.5. The largest absolute Gasteiger partial charge is 0.320 e. The molecule has 0 saturated heterocycles. The van der Waals surface area contributed by atoms with E-state index in [4.69, 9.17) is 0 Å². The fourth-order valence-electron chi connectivity index (χ4n) is 1.83. The van der Waals surface area contributed by atoms with E-state index in [1.165, 1.54) is 17.7 Å². The summed E-state index contributed by atoms with van der Waals surface area (Å²) in [6, 6.07) is 9.06. The van der Waals surface area contributed by atoms with Crippen molar-refractivity contribution in [3.8, 4) is 11.4 Å². The number of hydrogen-bond donors (Lipinski definition) is 1. The average Bonchev–Trinajstić information content (AvgIpc) is 2.44. The summed E-state index contributed by atoms with van der Waals surface area (Å²) in [4.78, 5) is 38.2. The number of anilines is 1. The van der Waals surface area contributed by atoms with Crippen molar-refractivity contribution in [2.24, 2.45) is 0 Å². The maximum atomic E-state index is 12.2. The van der Waals surface area contributed by atoms with Crippen molar-refractivity contribution in [3.63, 3.8) is 0 Å². The highest BCUT2D eigenvalue weighted by Crippen LogP contribution is 2.15. The molecule has 0 aliphatic rings. The Kier molecular flexibility index (Phi) is 4.05. The predicted octanol–water partition coefficient (Wildman–Crippen LogP) is 1.07. The molecule has 1 amide bonds. The van der Waals surface area contributed by atoms with E-state index in [1.807, 2.05) is 18.2 Å². The molecule has 0 saturated carbocycles. The molecule has 0 spiro atoms. The summed E-state index contributed by atoms with van der Waals surface area (Å²) in [6.07, 6.45) is 1.92. The molecule has 0 radical (unpaired) electrons. The summed E-state index contributed by atoms with van der Waals surface area (Å²) in [5.74, 6) is 0.0193. The third-order valence-electron chi connectivity index (χ3n) is 2.65. The molecular weight excluding hydrogens is 258 g/mol. The molecule has 0 unspecified atom stereocenters. The minimum atomic E-state index is -0.457. The van der Waals surface area contributed by atoms with Crippen molar-refractivity contribution in [1.29, 1.82) is 0 Å². The van der Waals surface area contributed by atoms with Crippen LogP contribution in [0.1, 0.15) is 6.92 Å². The van der Waals surface area contributed by atoms with Crippen molar-refractivity contribution < 1.29 is 9.59 Å². The Labute approximate surface area is 115 Å². The standard InChI is InChI=1S/C14H13N3O3/c1-10(19)16-12-9-15-13(11-5-3-2-4-6-11)17(7-8-18)14(12)20/h2-6,8-9H,7H2,1H3,(H,16,19). The van der Waals surface area contributed by atoms with Crippen molar-refractivity contribution in [3.05, 3.63) is 46.9 Å². The van der Waals surface area contributed by atoms with Crippen molar-refractivity contribution in [2.75, 3.05) is 5.32 Å². The second kappa shape index (κ2) is 5.92. The van der Waals surface area contributed by atoms with Crippen LogP contribution in [-0.4, -0.2) is 21.7 Å². The summed E-state index contributed by atoms with van der Waals surface area (Å²) >= 11 is 0. The number of carbonyl (C=O) groups is 2. The number of nitrogens with one attached hydrogen (secondary N) is 1. The highest BCUT2D eigenvalue weighted by molar-refractivity contribution is 5.88. The highest BCUT2D eigenvalue weighted by Gasteiger charge is 2.12. The van der Waals surface area contributed by atoms with Crippen LogP contribution in [0.25, 0.3) is 11.4 Å². The lowest BCUT2D eigenvalue weighted by molar-refractivity contribution is -0.114. The fourth-order valence-corrected chi connectivity index (χ4v) is 1.83. The van der Waals surface area contributed by atoms with Crippen LogP contribution in [0.2, 0.25) is 0 Å². The second-order valence-corrected chi connectivity index (χ2v) is 4.13. The molecule has 0 bridgehead atoms. The number of benzene rings is 1. The van der Waals surface area contributed by atoms with Gasteiger partial charge in [-0.2, -0.15) is 0 Å². The van der Waals surface area contributed by atoms with Crippen LogP contribution < -0.4 is 10.9 Å². The molecule has 0 fully saturated rings. The summed E-state index contributed by atoms with van der Waals surface area (Å²) in [5.41, 5.74) is 0.320. The summed E-state index contributed by atoms with van der Waals surface area (Å²) < 4.78 is 1.23. The molecule has 6 heteroatoms. The third kappa shape index (κ3) is 2.80. The Hall–Kier alpha value is -2.76. The lowest BCUT2D eigenvalue weighted by Crippen LogP contribution is -2.27. The van der Waals surface area contributed by atoms with Gasteiger partial charge in [0.25, 0.3) is 5.56 Å². The minimum absolute atomic E-state index is 0.0547. The maximum absolute atomic E-state index is 12.2. The normalized spacial score (nSPS) is 10.1. The van der Waals surface area contributed by atoms with Gasteiger partial charge < -0.3 is 10.1 Å². The molecular formula is C14H13N3O3. The number of amides is 1. The maximum Gasteiger partial charge on any atom is 0.277 e. The smallest absolute Gasteiger partial charge is 0.277 e. The molecule has 2 aromatic rings. The highest BCUT2D eigenvalue weighted by atomic mass is 16.2. The first kappa shape index (κ1) is 13.7. The number of aromatic nitrogens is 2. The average molecular weight is 271 g/mol. The quantitative estimate of drug-likeness (QED) is 0.843. The topological polar surface area (TPSA) is 81.1 Å². The van der Waals surface area contributed by atoms with Gasteiger partial charge in [0.05, 0.1) is 12.7 Å². The molecule has 1 aromatic carbocycles. The van der Waals surface area contributed by atoms with Gasteiger partial charge in [-0.05, 0) is 0 Å². The van der Waals surface area contributed by atoms with E-state index in [1.54, 1.807) is 12.1 Å². The van der Waals surface area contributed by atoms with Crippen molar-refractivity contribution >= 4 is 17.9 Å². The third-order valence-corrected chi connectivity index (χ3v) is 2.65. The first-order chi connectivity index (χ1) is 9.63. The van der Waals surface area contributed by atoms with Gasteiger partial charge in [-0.15, -0.1) is 0 Å². The van der Waals surface area contributed by atoms with E-state index in [-0.39, 0.29) is 18.1 Å². The van der Waals surface area contributed by atoms with E-state index >= 15 is 0 Å². The van der Waals surface area contributed by atoms with Gasteiger partial charge in [0.15, 0.2) is 0 Å². The Bertz CT molecular complexity index is 693. The molecule has 102 valence electrons. The van der Waals surface area contributed by atoms with Crippen LogP contribution in [0.5, 0.6) is 0 Å². The van der Waals surface area contributed by atoms with Gasteiger partial charge in [0, 0.05) is 12.5 Å². The van der Waals surface area contributed by atoms with Crippen LogP contribution >= 0.6 is 0 Å². The Morgan fingerprint density at radius 2 is 2.05 bits per heavy atom. The first-order valence-corrected chi connectivity index (χ1v) is 6.00. The van der Waals surface area contributed by atoms with Crippen LogP contribution in [0.15, 0.2) is 41.3 Å². The molecule has 6 nitrogen and oxygen atoms in total. The number of nitrogens with zero attached hydrogens (tertiary/aromatic N) is 2. The molecule has 1 aromatic heterocycles. The van der Waals surface area contributed by atoms with E-state index in [0.29, 0.717) is 12.1 Å². The number of rotatable bonds is 4. The van der Waals surface area contributed by atoms with Crippen molar-refractivity contribution in [1.82, 2.24) is 9.55 Å². The van der Waals surface area contributed by atoms with Crippen LogP contribution in [0.4, 0.5) is 5.69 Å². The first-order valence-electron chi connectivity index (χ1n) is 6.00. The van der Waals surface area contributed by atoms with E-state index in [0.717, 1.165) is 5.56 Å². The van der Waals surface area contributed by atoms with Gasteiger partial charge in [-0.3, -0.25) is 14.2 Å². The number of carbonyl (C=O) groups excluding carboxylic acids is 2. The zero-order valence-corrected chi connectivity index (χ0v) is 10.9. The second-order valence-electron chi connectivity index (χ2n) is 4.13. The molecule has 2 rings (SSSR count). The lowest BCUT2D eigenvalue weighted by atomic mass is 10.2. The van der Waals surface area contributed by atoms with Gasteiger partial charge in [-0.1, -0.05) is 30.3 Å². The van der Waals surface area contributed by atoms with E-state index < -0.39 is 5.56 Å². The van der Waals surface area contributed by atoms with Crippen LogP contribution in [-0.2, 0) is 16.1 Å². The summed E-state index contributed by atoms with van der Waals surface area (Å²) in [6.45, 7) is 1.18. The molecule has 0 aliphatic heterocycles. The Morgan fingerprint density at radius 3 is 2.65 bits per heavy atom. The van der Waals surface area contributed by atoms with Crippen molar-refractivity contribution in [2.45, 2.75) is 13.5 Å². The van der Waals surface area contributed by atoms with E-state index in [9.17, 15) is 14.4 Å². The van der Waals surface area contributed by atoms with Gasteiger partial charge in [-0.25, -0.2) is 4.98 Å². The van der Waals surface area contributed by atoms with Gasteiger partial charge in [0.1, 0.15) is 17.8 Å². The lowest BCUT2D eigenvalue weighted by Gasteiger charge is -2.11. The van der Waals surface area contributed by atoms with Gasteiger partial charge in [0.2, 0.25) is 5.91 Å². The fraction of sp³-hybridized carbons (Fsp3) is 0.143. The SMILES string of the molecule is CC(=O)Nc1cnc(-c2ccccc2)n(CC=O)c1=O. The molecule has 0 aliphatic carbocycles. The van der Waals surface area contributed by atoms with E-state index in [2.05, 4.69) is 10.3 Å². The van der Waals surface area contributed by atoms with Crippen LogP contribution in [0.3, 0.4) is 0 Å². The Morgan fingerprint density at radius 1 is 1.35 bits per heavy atom. The minimum Gasteiger partial charge on any atom is -0.320 e. The summed E-state index contributed by atoms with van der Waals surface area (Å²) in [7, 11) is 0. The van der Waals surface area contributed by atoms with Crippen LogP contribution in [0, 0.1) is 0 Å². The molecule has 20 heavy (non-hydrogen) atoms. The van der Waals surface area contributed by atoms with Gasteiger partial charge >= 0.3 is 0 Å². The Balaban J connectivity index is 2.59. The zero-order valence-electron chi connectivity index (χ0n) is 10.9. The molecule has 1 heterocycles. The number of aldehydes is 1.